The van der Waals surface area contributed by atoms with Crippen molar-refractivity contribution in [1.82, 2.24) is 19.9 Å². The number of rotatable bonds is 2. The Morgan fingerprint density at radius 3 is 2.96 bits per heavy atom. The van der Waals surface area contributed by atoms with Gasteiger partial charge in [0.05, 0.1) is 18.0 Å². The minimum absolute atomic E-state index is 0.194. The summed E-state index contributed by atoms with van der Waals surface area (Å²) in [6.45, 7) is 0.861. The van der Waals surface area contributed by atoms with Gasteiger partial charge in [-0.05, 0) is 42.3 Å². The molecule has 2 unspecified atom stereocenters. The smallest absolute Gasteiger partial charge is 0.104 e. The summed E-state index contributed by atoms with van der Waals surface area (Å²) in [5, 5.41) is 12.4. The van der Waals surface area contributed by atoms with Gasteiger partial charge in [0.2, 0.25) is 0 Å². The van der Waals surface area contributed by atoms with Crippen LogP contribution in [0.15, 0.2) is 49.2 Å². The first kappa shape index (κ1) is 14.9. The zero-order chi connectivity index (χ0) is 16.6. The van der Waals surface area contributed by atoms with Gasteiger partial charge in [-0.15, -0.1) is 0 Å². The molecule has 1 aliphatic heterocycles. The van der Waals surface area contributed by atoms with Crippen LogP contribution in [-0.4, -0.2) is 33.4 Å². The lowest BCUT2D eigenvalue weighted by molar-refractivity contribution is 0.142. The number of nitrogens with one attached hydrogen (secondary N) is 1. The predicted octanol–water partition coefficient (Wildman–Crippen LogP) is 3.19. The number of benzene rings is 1. The number of nitriles is 1. The fourth-order valence-corrected chi connectivity index (χ4v) is 3.70. The molecule has 1 aliphatic rings. The minimum atomic E-state index is -0.571. The molecule has 0 spiro atoms. The molecule has 4 rings (SSSR count). The third-order valence-corrected chi connectivity index (χ3v) is 5.21. The lowest BCUT2D eigenvalue weighted by Crippen LogP contribution is -2.42. The average molecular weight is 317 g/mol. The molecule has 5 nitrogen and oxygen atoms in total. The van der Waals surface area contributed by atoms with E-state index in [1.807, 2.05) is 12.4 Å². The van der Waals surface area contributed by atoms with Crippen molar-refractivity contribution in [2.45, 2.75) is 24.3 Å². The van der Waals surface area contributed by atoms with Gasteiger partial charge in [-0.25, -0.2) is 0 Å². The van der Waals surface area contributed by atoms with Gasteiger partial charge in [-0.3, -0.25) is 14.9 Å². The Balaban J connectivity index is 1.73. The van der Waals surface area contributed by atoms with Gasteiger partial charge in [0.1, 0.15) is 5.41 Å². The van der Waals surface area contributed by atoms with Crippen molar-refractivity contribution in [1.29, 1.82) is 5.26 Å². The summed E-state index contributed by atoms with van der Waals surface area (Å²) >= 11 is 0. The number of aromatic nitrogens is 3. The van der Waals surface area contributed by atoms with Crippen LogP contribution in [0, 0.1) is 11.3 Å². The van der Waals surface area contributed by atoms with Crippen molar-refractivity contribution in [3.05, 3.63) is 60.4 Å². The molecule has 1 fully saturated rings. The van der Waals surface area contributed by atoms with E-state index in [0.717, 1.165) is 25.1 Å². The molecule has 24 heavy (non-hydrogen) atoms. The summed E-state index contributed by atoms with van der Waals surface area (Å²) in [7, 11) is 2.13. The van der Waals surface area contributed by atoms with E-state index < -0.39 is 5.41 Å². The lowest BCUT2D eigenvalue weighted by atomic mass is 9.72. The number of fused-ring (bicyclic) bond motifs is 1. The molecule has 1 saturated heterocycles. The lowest BCUT2D eigenvalue weighted by Gasteiger charge is -2.41. The summed E-state index contributed by atoms with van der Waals surface area (Å²) in [5.41, 5.74) is 1.46. The van der Waals surface area contributed by atoms with Crippen LogP contribution in [0.25, 0.3) is 10.8 Å². The van der Waals surface area contributed by atoms with E-state index in [-0.39, 0.29) is 6.04 Å². The van der Waals surface area contributed by atoms with Gasteiger partial charge >= 0.3 is 0 Å². The maximum Gasteiger partial charge on any atom is 0.104 e. The van der Waals surface area contributed by atoms with Crippen molar-refractivity contribution in [2.24, 2.45) is 0 Å². The Labute approximate surface area is 141 Å². The van der Waals surface area contributed by atoms with Gasteiger partial charge in [0.15, 0.2) is 0 Å². The van der Waals surface area contributed by atoms with Gasteiger partial charge < -0.3 is 4.98 Å². The number of hydrogen-bond donors (Lipinski definition) is 1. The molecular weight excluding hydrogens is 298 g/mol. The highest BCUT2D eigenvalue weighted by molar-refractivity contribution is 5.82. The van der Waals surface area contributed by atoms with Crippen LogP contribution in [0.2, 0.25) is 0 Å². The first-order chi connectivity index (χ1) is 11.7. The molecule has 0 saturated carbocycles. The van der Waals surface area contributed by atoms with Crippen molar-refractivity contribution in [3.63, 3.8) is 0 Å². The highest BCUT2D eigenvalue weighted by Gasteiger charge is 2.42. The van der Waals surface area contributed by atoms with Gasteiger partial charge in [0.25, 0.3) is 0 Å². The Bertz CT molecular complexity index is 895. The third kappa shape index (κ3) is 2.36. The van der Waals surface area contributed by atoms with Crippen LogP contribution in [0.5, 0.6) is 0 Å². The Kier molecular flexibility index (Phi) is 3.55. The Morgan fingerprint density at radius 1 is 1.29 bits per heavy atom. The number of hydrogen-bond acceptors (Lipinski definition) is 4. The zero-order valence-electron chi connectivity index (χ0n) is 13.6. The van der Waals surface area contributed by atoms with Crippen LogP contribution in [0.1, 0.15) is 30.1 Å². The first-order valence-corrected chi connectivity index (χ1v) is 8.16. The quantitative estimate of drug-likeness (QED) is 0.788. The normalized spacial score (nSPS) is 24.8. The maximum atomic E-state index is 9.94. The van der Waals surface area contributed by atoms with Crippen molar-refractivity contribution in [2.75, 3.05) is 13.6 Å². The van der Waals surface area contributed by atoms with Crippen molar-refractivity contribution < 1.29 is 0 Å². The summed E-state index contributed by atoms with van der Waals surface area (Å²) in [6.07, 6.45) is 10.6. The topological polar surface area (TPSA) is 68.6 Å². The average Bonchev–Trinajstić information content (AvgIpc) is 3.11. The second-order valence-electron chi connectivity index (χ2n) is 6.58. The summed E-state index contributed by atoms with van der Waals surface area (Å²) in [5.74, 6) is 0. The third-order valence-electron chi connectivity index (χ3n) is 5.21. The highest BCUT2D eigenvalue weighted by Crippen LogP contribution is 2.42. The number of nitrogens with zero attached hydrogens (tertiary/aromatic N) is 4. The van der Waals surface area contributed by atoms with Crippen LogP contribution >= 0.6 is 0 Å². The van der Waals surface area contributed by atoms with Crippen LogP contribution in [0.4, 0.5) is 0 Å². The second-order valence-corrected chi connectivity index (χ2v) is 6.58. The summed E-state index contributed by atoms with van der Waals surface area (Å²) in [4.78, 5) is 14.1. The molecule has 120 valence electrons. The predicted molar refractivity (Wildman–Crippen MR) is 92.2 cm³/mol. The molecule has 0 bridgehead atoms. The first-order valence-electron chi connectivity index (χ1n) is 8.16. The zero-order valence-corrected chi connectivity index (χ0v) is 13.6. The number of aromatic amines is 1. The molecule has 0 amide bonds. The largest absolute Gasteiger partial charge is 0.366 e. The molecule has 0 radical (unpaired) electrons. The van der Waals surface area contributed by atoms with Crippen molar-refractivity contribution in [3.8, 4) is 6.07 Å². The van der Waals surface area contributed by atoms with Crippen LogP contribution in [0.3, 0.4) is 0 Å². The molecule has 2 atom stereocenters. The molecular formula is C19H19N5. The highest BCUT2D eigenvalue weighted by atomic mass is 15.1. The maximum absolute atomic E-state index is 9.94. The summed E-state index contributed by atoms with van der Waals surface area (Å²) < 4.78 is 0. The molecule has 5 heteroatoms. The molecule has 1 aromatic carbocycles. The fourth-order valence-electron chi connectivity index (χ4n) is 3.70. The number of likely N-dealkylation sites (tertiary alicyclic amines) is 1. The summed E-state index contributed by atoms with van der Waals surface area (Å²) in [6, 6.07) is 9.27. The number of H-pyrrole nitrogens is 1. The molecule has 3 aromatic rings. The standard InChI is InChI=1S/C19H19N5/c1-24-7-4-19(13-20,18-12-21-5-6-23-18)9-17(24)14-2-3-15-10-22-11-16(15)8-14/h2-3,5-6,8,10-12,17,22H,4,7,9H2,1H3. The van der Waals surface area contributed by atoms with Crippen LogP contribution in [-0.2, 0) is 5.41 Å². The van der Waals surface area contributed by atoms with E-state index in [1.54, 1.807) is 18.6 Å². The van der Waals surface area contributed by atoms with Crippen LogP contribution < -0.4 is 0 Å². The van der Waals surface area contributed by atoms with Gasteiger partial charge in [-0.1, -0.05) is 12.1 Å². The fraction of sp³-hybridized carbons (Fsp3) is 0.316. The monoisotopic (exact) mass is 317 g/mol. The van der Waals surface area contributed by atoms with E-state index in [4.69, 9.17) is 0 Å². The van der Waals surface area contributed by atoms with E-state index >= 15 is 0 Å². The van der Waals surface area contributed by atoms with E-state index in [1.165, 1.54) is 16.3 Å². The Hall–Kier alpha value is -2.71. The van der Waals surface area contributed by atoms with E-state index in [9.17, 15) is 5.26 Å². The molecule has 2 aromatic heterocycles. The molecule has 1 N–H and O–H groups in total. The number of piperidine rings is 1. The van der Waals surface area contributed by atoms with E-state index in [2.05, 4.69) is 51.2 Å². The SMILES string of the molecule is CN1CCC(C#N)(c2cnccn2)CC1c1ccc2c[nH]cc2c1. The minimum Gasteiger partial charge on any atom is -0.366 e. The van der Waals surface area contributed by atoms with E-state index in [0.29, 0.717) is 0 Å². The second kappa shape index (κ2) is 5.73. The Morgan fingerprint density at radius 2 is 2.17 bits per heavy atom. The van der Waals surface area contributed by atoms with Gasteiger partial charge in [-0.2, -0.15) is 5.26 Å². The van der Waals surface area contributed by atoms with Gasteiger partial charge in [0, 0.05) is 37.4 Å². The molecule has 3 heterocycles. The molecule has 0 aliphatic carbocycles. The van der Waals surface area contributed by atoms with Crippen molar-refractivity contribution >= 4 is 10.8 Å².